The van der Waals surface area contributed by atoms with Gasteiger partial charge in [-0.2, -0.15) is 12.3 Å². The molecule has 0 saturated heterocycles. The number of carboxylic acid groups (broad SMARTS) is 1. The summed E-state index contributed by atoms with van der Waals surface area (Å²) in [6.07, 6.45) is 5.41. The molecule has 0 spiro atoms. The average Bonchev–Trinajstić information content (AvgIpc) is 2.73. The largest absolute Gasteiger partial charge is 0.478 e. The molecule has 28 heavy (non-hydrogen) atoms. The first-order valence-corrected chi connectivity index (χ1v) is 10.6. The molecule has 7 heteroatoms. The molecule has 0 aromatic heterocycles. The molecule has 3 N–H and O–H groups in total. The van der Waals surface area contributed by atoms with Gasteiger partial charge in [0, 0.05) is 24.3 Å². The Hall–Kier alpha value is -2.74. The summed E-state index contributed by atoms with van der Waals surface area (Å²) >= 11 is 0. The molecule has 0 aliphatic carbocycles. The molecule has 1 unspecified atom stereocenters. The van der Waals surface area contributed by atoms with Gasteiger partial charge < -0.3 is 10.8 Å². The van der Waals surface area contributed by atoms with Crippen molar-refractivity contribution < 1.29 is 18.3 Å². The summed E-state index contributed by atoms with van der Waals surface area (Å²) in [7, 11) is -3.52. The number of hydrogen-bond acceptors (Lipinski definition) is 4. The molecule has 2 aromatic rings. The highest BCUT2D eigenvalue weighted by Crippen LogP contribution is 2.35. The van der Waals surface area contributed by atoms with Gasteiger partial charge in [0.1, 0.15) is 12.7 Å². The van der Waals surface area contributed by atoms with Gasteiger partial charge in [0.05, 0.1) is 11.3 Å². The maximum absolute atomic E-state index is 13.1. The van der Waals surface area contributed by atoms with Gasteiger partial charge in [-0.05, 0) is 36.3 Å². The third-order valence-electron chi connectivity index (χ3n) is 4.93. The molecule has 146 valence electrons. The Balaban J connectivity index is 2.13. The number of carbonyl (C=O) groups is 1. The second-order valence-corrected chi connectivity index (χ2v) is 8.98. The predicted octanol–water partition coefficient (Wildman–Crippen LogP) is 3.12. The molecule has 2 aromatic carbocycles. The summed E-state index contributed by atoms with van der Waals surface area (Å²) in [5.74, 6) is -0.995. The van der Waals surface area contributed by atoms with E-state index in [1.807, 2.05) is 30.4 Å². The van der Waals surface area contributed by atoms with Crippen LogP contribution in [0.15, 0.2) is 72.5 Å². The lowest BCUT2D eigenvalue weighted by atomic mass is 10.0. The molecular formula is C21H23N2O4S+. The summed E-state index contributed by atoms with van der Waals surface area (Å²) < 4.78 is 25.9. The van der Waals surface area contributed by atoms with Gasteiger partial charge in [0.2, 0.25) is 0 Å². The minimum Gasteiger partial charge on any atom is -0.478 e. The van der Waals surface area contributed by atoms with E-state index in [4.69, 9.17) is 10.8 Å². The number of rotatable bonds is 6. The minimum atomic E-state index is -3.52. The van der Waals surface area contributed by atoms with Crippen LogP contribution in [0.2, 0.25) is 0 Å². The Labute approximate surface area is 164 Å². The van der Waals surface area contributed by atoms with Crippen LogP contribution < -0.4 is 9.62 Å². The summed E-state index contributed by atoms with van der Waals surface area (Å²) in [6, 6.07) is 13.8. The molecule has 3 rings (SSSR count). The van der Waals surface area contributed by atoms with Gasteiger partial charge >= 0.3 is 16.0 Å². The van der Waals surface area contributed by atoms with E-state index < -0.39 is 16.0 Å². The molecule has 1 aliphatic rings. The maximum atomic E-state index is 13.1. The molecule has 1 heterocycles. The fourth-order valence-electron chi connectivity index (χ4n) is 3.34. The van der Waals surface area contributed by atoms with Gasteiger partial charge in [0.15, 0.2) is 5.69 Å². The lowest BCUT2D eigenvalue weighted by Gasteiger charge is -2.34. The SMILES string of the molecule is CCS(=O)(=O)[N+]1(c2cccc(-c3ccc(C(=O)O)cc3)c2)C=C(CN)C=CC1. The molecular weight excluding hydrogens is 376 g/mol. The van der Waals surface area contributed by atoms with E-state index >= 15 is 0 Å². The van der Waals surface area contributed by atoms with E-state index in [2.05, 4.69) is 0 Å². The maximum Gasteiger partial charge on any atom is 0.335 e. The van der Waals surface area contributed by atoms with E-state index in [-0.39, 0.29) is 21.7 Å². The molecule has 0 bridgehead atoms. The van der Waals surface area contributed by atoms with Gasteiger partial charge in [-0.1, -0.05) is 30.3 Å². The van der Waals surface area contributed by atoms with Crippen molar-refractivity contribution in [1.82, 2.24) is 3.89 Å². The third-order valence-corrected chi connectivity index (χ3v) is 7.12. The number of nitrogens with zero attached hydrogens (tertiary/aromatic N) is 1. The van der Waals surface area contributed by atoms with E-state index in [0.717, 1.165) is 16.7 Å². The van der Waals surface area contributed by atoms with Crippen molar-refractivity contribution >= 4 is 21.7 Å². The quantitative estimate of drug-likeness (QED) is 0.728. The zero-order valence-corrected chi connectivity index (χ0v) is 16.4. The van der Waals surface area contributed by atoms with Crippen molar-refractivity contribution in [1.29, 1.82) is 0 Å². The number of sulfonamides is 1. The van der Waals surface area contributed by atoms with Crippen LogP contribution in [0.4, 0.5) is 5.69 Å². The lowest BCUT2D eigenvalue weighted by Crippen LogP contribution is -2.51. The van der Waals surface area contributed by atoms with E-state index in [1.165, 1.54) is 12.1 Å². The van der Waals surface area contributed by atoms with Crippen LogP contribution in [0, 0.1) is 0 Å². The molecule has 6 nitrogen and oxygen atoms in total. The third kappa shape index (κ3) is 3.52. The molecule has 0 fully saturated rings. The van der Waals surface area contributed by atoms with Crippen LogP contribution >= 0.6 is 0 Å². The monoisotopic (exact) mass is 399 g/mol. The zero-order valence-electron chi connectivity index (χ0n) is 15.6. The average molecular weight is 399 g/mol. The van der Waals surface area contributed by atoms with Crippen LogP contribution in [0.3, 0.4) is 0 Å². The van der Waals surface area contributed by atoms with Crippen molar-refractivity contribution in [3.63, 3.8) is 0 Å². The van der Waals surface area contributed by atoms with E-state index in [0.29, 0.717) is 12.2 Å². The standard InChI is InChI=1S/C21H22N2O4S/c1-2-28(26,27)23(12-4-5-16(14-22)15-23)20-7-3-6-19(13-20)17-8-10-18(11-9-17)21(24)25/h3-11,13,15H,2,12,14,22H2,1H3/p+1. The number of benzene rings is 2. The first-order chi connectivity index (χ1) is 13.3. The number of nitrogens with two attached hydrogens (primary N) is 1. The number of carboxylic acids is 1. The molecule has 1 aliphatic heterocycles. The fourth-order valence-corrected chi connectivity index (χ4v) is 4.84. The Morgan fingerprint density at radius 3 is 2.46 bits per heavy atom. The fraction of sp³-hybridized carbons (Fsp3) is 0.190. The normalized spacial score (nSPS) is 19.3. The van der Waals surface area contributed by atoms with Crippen molar-refractivity contribution in [3.05, 3.63) is 78.0 Å². The Morgan fingerprint density at radius 2 is 1.86 bits per heavy atom. The second kappa shape index (κ2) is 7.71. The summed E-state index contributed by atoms with van der Waals surface area (Å²) in [5, 5.41) is 9.07. The molecule has 0 amide bonds. The number of quaternary nitrogens is 1. The van der Waals surface area contributed by atoms with Crippen LogP contribution in [0.5, 0.6) is 0 Å². The van der Waals surface area contributed by atoms with Crippen LogP contribution in [-0.2, 0) is 10.0 Å². The second-order valence-electron chi connectivity index (χ2n) is 6.59. The molecule has 0 radical (unpaired) electrons. The van der Waals surface area contributed by atoms with E-state index in [9.17, 15) is 13.2 Å². The minimum absolute atomic E-state index is 0.00721. The zero-order chi connectivity index (χ0) is 20.4. The summed E-state index contributed by atoms with van der Waals surface area (Å²) in [6.45, 7) is 2.19. The van der Waals surface area contributed by atoms with Crippen LogP contribution in [0.1, 0.15) is 17.3 Å². The predicted molar refractivity (Wildman–Crippen MR) is 111 cm³/mol. The lowest BCUT2D eigenvalue weighted by molar-refractivity contribution is 0.0697. The highest BCUT2D eigenvalue weighted by Gasteiger charge is 2.42. The molecule has 1 atom stereocenters. The van der Waals surface area contributed by atoms with Gasteiger partial charge in [-0.3, -0.25) is 0 Å². The summed E-state index contributed by atoms with van der Waals surface area (Å²) in [4.78, 5) is 11.1. The topological polar surface area (TPSA) is 97.5 Å². The first-order valence-electron chi connectivity index (χ1n) is 8.96. The summed E-state index contributed by atoms with van der Waals surface area (Å²) in [5.41, 5.74) is 8.99. The number of aromatic carboxylic acids is 1. The van der Waals surface area contributed by atoms with Crippen LogP contribution in [-0.4, -0.2) is 38.3 Å². The molecule has 0 saturated carbocycles. The van der Waals surface area contributed by atoms with Gasteiger partial charge in [-0.15, -0.1) is 0 Å². The van der Waals surface area contributed by atoms with Crippen molar-refractivity contribution in [2.75, 3.05) is 18.8 Å². The Bertz CT molecular complexity index is 1060. The first kappa shape index (κ1) is 20.0. The smallest absolute Gasteiger partial charge is 0.335 e. The highest BCUT2D eigenvalue weighted by atomic mass is 32.2. The van der Waals surface area contributed by atoms with Gasteiger partial charge in [-0.25, -0.2) is 4.79 Å². The van der Waals surface area contributed by atoms with Crippen molar-refractivity contribution in [3.8, 4) is 11.1 Å². The highest BCUT2D eigenvalue weighted by molar-refractivity contribution is 7.91. The van der Waals surface area contributed by atoms with Crippen LogP contribution in [0.25, 0.3) is 11.1 Å². The van der Waals surface area contributed by atoms with Gasteiger partial charge in [0.25, 0.3) is 0 Å². The van der Waals surface area contributed by atoms with Crippen molar-refractivity contribution in [2.45, 2.75) is 6.92 Å². The van der Waals surface area contributed by atoms with Crippen molar-refractivity contribution in [2.24, 2.45) is 5.73 Å². The Kier molecular flexibility index (Phi) is 5.51. The Morgan fingerprint density at radius 1 is 1.14 bits per heavy atom. The van der Waals surface area contributed by atoms with E-state index in [1.54, 1.807) is 31.3 Å². The number of hydrogen-bond donors (Lipinski definition) is 2.